The molecule has 0 aliphatic heterocycles. The van der Waals surface area contributed by atoms with Crippen LogP contribution in [0.25, 0.3) is 0 Å². The SMILES string of the molecule is CCSc1cc(Br)cnc1C(=O)O.Cl. The van der Waals surface area contributed by atoms with Crippen molar-refractivity contribution in [1.82, 2.24) is 4.98 Å². The van der Waals surface area contributed by atoms with Crippen molar-refractivity contribution in [3.8, 4) is 0 Å². The van der Waals surface area contributed by atoms with E-state index in [9.17, 15) is 4.79 Å². The first kappa shape index (κ1) is 13.7. The minimum absolute atomic E-state index is 0. The van der Waals surface area contributed by atoms with Gasteiger partial charge in [-0.1, -0.05) is 6.92 Å². The number of carboxylic acids is 1. The van der Waals surface area contributed by atoms with Gasteiger partial charge in [-0.3, -0.25) is 0 Å². The standard InChI is InChI=1S/C8H8BrNO2S.ClH/c1-2-13-6-3-5(9)4-10-7(6)8(11)12;/h3-4H,2H2,1H3,(H,11,12);1H. The lowest BCUT2D eigenvalue weighted by molar-refractivity contribution is 0.0686. The Morgan fingerprint density at radius 3 is 2.86 bits per heavy atom. The summed E-state index contributed by atoms with van der Waals surface area (Å²) < 4.78 is 0.799. The fourth-order valence-corrected chi connectivity index (χ4v) is 2.13. The van der Waals surface area contributed by atoms with Crippen LogP contribution in [0.5, 0.6) is 0 Å². The van der Waals surface area contributed by atoms with Crippen LogP contribution < -0.4 is 0 Å². The summed E-state index contributed by atoms with van der Waals surface area (Å²) in [5.41, 5.74) is 0.120. The Bertz CT molecular complexity index is 335. The van der Waals surface area contributed by atoms with Crippen molar-refractivity contribution in [2.75, 3.05) is 5.75 Å². The van der Waals surface area contributed by atoms with E-state index in [1.807, 2.05) is 6.92 Å². The van der Waals surface area contributed by atoms with E-state index < -0.39 is 5.97 Å². The fourth-order valence-electron chi connectivity index (χ4n) is 0.847. The van der Waals surface area contributed by atoms with Gasteiger partial charge in [0, 0.05) is 15.6 Å². The van der Waals surface area contributed by atoms with Crippen LogP contribution >= 0.6 is 40.1 Å². The number of thioether (sulfide) groups is 1. The Hall–Kier alpha value is -0.260. The quantitative estimate of drug-likeness (QED) is 0.871. The predicted octanol–water partition coefficient (Wildman–Crippen LogP) is 3.08. The topological polar surface area (TPSA) is 50.2 Å². The van der Waals surface area contributed by atoms with E-state index >= 15 is 0 Å². The van der Waals surface area contributed by atoms with E-state index in [2.05, 4.69) is 20.9 Å². The number of aromatic carboxylic acids is 1. The van der Waals surface area contributed by atoms with Crippen molar-refractivity contribution in [3.63, 3.8) is 0 Å². The van der Waals surface area contributed by atoms with E-state index in [4.69, 9.17) is 5.11 Å². The third-order valence-corrected chi connectivity index (χ3v) is 2.67. The molecule has 1 rings (SSSR count). The molecule has 1 heterocycles. The van der Waals surface area contributed by atoms with Crippen molar-refractivity contribution < 1.29 is 9.90 Å². The molecule has 0 bridgehead atoms. The molecule has 0 radical (unpaired) electrons. The highest BCUT2D eigenvalue weighted by Crippen LogP contribution is 2.24. The van der Waals surface area contributed by atoms with Crippen LogP contribution in [0.3, 0.4) is 0 Å². The van der Waals surface area contributed by atoms with Gasteiger partial charge in [0.25, 0.3) is 0 Å². The van der Waals surface area contributed by atoms with Gasteiger partial charge in [0.05, 0.1) is 0 Å². The average Bonchev–Trinajstić information content (AvgIpc) is 2.04. The molecule has 78 valence electrons. The minimum atomic E-state index is -0.983. The molecule has 14 heavy (non-hydrogen) atoms. The van der Waals surface area contributed by atoms with Crippen LogP contribution in [0.1, 0.15) is 17.4 Å². The molecule has 6 heteroatoms. The second-order valence-electron chi connectivity index (χ2n) is 2.24. The summed E-state index contributed by atoms with van der Waals surface area (Å²) in [6.07, 6.45) is 1.49. The van der Waals surface area contributed by atoms with Crippen molar-refractivity contribution >= 4 is 46.1 Å². The molecule has 0 saturated carbocycles. The van der Waals surface area contributed by atoms with Gasteiger partial charge < -0.3 is 5.11 Å². The van der Waals surface area contributed by atoms with Gasteiger partial charge in [-0.15, -0.1) is 24.2 Å². The van der Waals surface area contributed by atoms with Crippen LogP contribution in [-0.4, -0.2) is 21.8 Å². The zero-order chi connectivity index (χ0) is 9.84. The van der Waals surface area contributed by atoms with Gasteiger partial charge >= 0.3 is 5.97 Å². The third-order valence-electron chi connectivity index (χ3n) is 1.32. The maximum absolute atomic E-state index is 10.7. The second kappa shape index (κ2) is 6.27. The highest BCUT2D eigenvalue weighted by atomic mass is 79.9. The number of rotatable bonds is 3. The number of aromatic nitrogens is 1. The van der Waals surface area contributed by atoms with E-state index in [1.165, 1.54) is 18.0 Å². The zero-order valence-corrected chi connectivity index (χ0v) is 10.6. The molecule has 3 nitrogen and oxygen atoms in total. The van der Waals surface area contributed by atoms with Gasteiger partial charge in [-0.25, -0.2) is 9.78 Å². The normalized spacial score (nSPS) is 9.29. The monoisotopic (exact) mass is 297 g/mol. The fraction of sp³-hybridized carbons (Fsp3) is 0.250. The molecule has 1 aromatic heterocycles. The Morgan fingerprint density at radius 2 is 2.36 bits per heavy atom. The molecule has 0 unspecified atom stereocenters. The van der Waals surface area contributed by atoms with Gasteiger partial charge in [0.2, 0.25) is 0 Å². The minimum Gasteiger partial charge on any atom is -0.476 e. The number of hydrogen-bond acceptors (Lipinski definition) is 3. The largest absolute Gasteiger partial charge is 0.476 e. The van der Waals surface area contributed by atoms with Gasteiger partial charge in [-0.05, 0) is 27.7 Å². The molecule has 0 aliphatic carbocycles. The average molecular weight is 299 g/mol. The van der Waals surface area contributed by atoms with Crippen LogP contribution in [0.2, 0.25) is 0 Å². The summed E-state index contributed by atoms with van der Waals surface area (Å²) >= 11 is 4.72. The molecule has 0 atom stereocenters. The maximum atomic E-state index is 10.7. The molecule has 1 aromatic rings. The lowest BCUT2D eigenvalue weighted by atomic mass is 10.3. The zero-order valence-electron chi connectivity index (χ0n) is 7.36. The van der Waals surface area contributed by atoms with Crippen molar-refractivity contribution in [1.29, 1.82) is 0 Å². The number of halogens is 2. The molecule has 0 saturated heterocycles. The van der Waals surface area contributed by atoms with Crippen molar-refractivity contribution in [2.24, 2.45) is 0 Å². The van der Waals surface area contributed by atoms with Crippen LogP contribution in [0.15, 0.2) is 21.6 Å². The number of nitrogens with zero attached hydrogens (tertiary/aromatic N) is 1. The Labute approximate surface area is 101 Å². The summed E-state index contributed by atoms with van der Waals surface area (Å²) in [7, 11) is 0. The highest BCUT2D eigenvalue weighted by molar-refractivity contribution is 9.10. The van der Waals surface area contributed by atoms with Crippen LogP contribution in [0, 0.1) is 0 Å². The summed E-state index contributed by atoms with van der Waals surface area (Å²) in [5.74, 6) is -0.151. The molecule has 1 N–H and O–H groups in total. The van der Waals surface area contributed by atoms with E-state index in [0.717, 1.165) is 10.2 Å². The van der Waals surface area contributed by atoms with E-state index in [0.29, 0.717) is 4.90 Å². The molecular weight excluding hydrogens is 290 g/mol. The third kappa shape index (κ3) is 3.48. The lowest BCUT2D eigenvalue weighted by Gasteiger charge is -2.02. The van der Waals surface area contributed by atoms with Crippen LogP contribution in [-0.2, 0) is 0 Å². The Kier molecular flexibility index (Phi) is 6.15. The van der Waals surface area contributed by atoms with Crippen LogP contribution in [0.4, 0.5) is 0 Å². The number of carbonyl (C=O) groups is 1. The molecule has 0 amide bonds. The lowest BCUT2D eigenvalue weighted by Crippen LogP contribution is -2.02. The Balaban J connectivity index is 0.00000169. The Morgan fingerprint density at radius 1 is 1.71 bits per heavy atom. The molecule has 0 aliphatic rings. The van der Waals surface area contributed by atoms with E-state index in [1.54, 1.807) is 6.07 Å². The molecule has 0 aromatic carbocycles. The van der Waals surface area contributed by atoms with Gasteiger partial charge in [-0.2, -0.15) is 0 Å². The number of pyridine rings is 1. The first-order valence-electron chi connectivity index (χ1n) is 3.66. The summed E-state index contributed by atoms with van der Waals surface area (Å²) in [6.45, 7) is 1.97. The molecule has 0 spiro atoms. The smallest absolute Gasteiger partial charge is 0.355 e. The molecular formula is C8H9BrClNO2S. The number of hydrogen-bond donors (Lipinski definition) is 1. The van der Waals surface area contributed by atoms with Crippen molar-refractivity contribution in [2.45, 2.75) is 11.8 Å². The first-order chi connectivity index (χ1) is 6.15. The highest BCUT2D eigenvalue weighted by Gasteiger charge is 2.11. The summed E-state index contributed by atoms with van der Waals surface area (Å²) in [6, 6.07) is 1.77. The van der Waals surface area contributed by atoms with E-state index in [-0.39, 0.29) is 18.1 Å². The predicted molar refractivity (Wildman–Crippen MR) is 62.5 cm³/mol. The van der Waals surface area contributed by atoms with Gasteiger partial charge in [0.1, 0.15) is 0 Å². The summed E-state index contributed by atoms with van der Waals surface area (Å²) in [4.78, 5) is 15.2. The van der Waals surface area contributed by atoms with Crippen molar-refractivity contribution in [3.05, 3.63) is 22.4 Å². The molecule has 0 fully saturated rings. The second-order valence-corrected chi connectivity index (χ2v) is 4.46. The first-order valence-corrected chi connectivity index (χ1v) is 5.44. The van der Waals surface area contributed by atoms with Gasteiger partial charge in [0.15, 0.2) is 5.69 Å². The number of carboxylic acid groups (broad SMARTS) is 1. The maximum Gasteiger partial charge on any atom is 0.355 e. The summed E-state index contributed by atoms with van der Waals surface area (Å²) in [5, 5.41) is 8.79.